The molecule has 1 saturated heterocycles. The molecule has 0 unspecified atom stereocenters. The van der Waals surface area contributed by atoms with Gasteiger partial charge in [-0.05, 0) is 30.7 Å². The Morgan fingerprint density at radius 2 is 1.91 bits per heavy atom. The zero-order valence-corrected chi connectivity index (χ0v) is 20.3. The normalized spacial score (nSPS) is 15.0. The van der Waals surface area contributed by atoms with Crippen LogP contribution in [0.3, 0.4) is 0 Å². The summed E-state index contributed by atoms with van der Waals surface area (Å²) in [5, 5.41) is 5.92. The van der Waals surface area contributed by atoms with Crippen LogP contribution in [0.2, 0.25) is 0 Å². The summed E-state index contributed by atoms with van der Waals surface area (Å²) in [5.41, 5.74) is 4.92. The maximum atomic E-state index is 12.8. The van der Waals surface area contributed by atoms with Crippen molar-refractivity contribution in [1.82, 2.24) is 14.3 Å². The summed E-state index contributed by atoms with van der Waals surface area (Å²) >= 11 is 1.27. The van der Waals surface area contributed by atoms with Crippen LogP contribution in [0, 0.1) is 6.92 Å². The van der Waals surface area contributed by atoms with Gasteiger partial charge in [0.05, 0.1) is 5.69 Å². The van der Waals surface area contributed by atoms with Gasteiger partial charge in [0.2, 0.25) is 15.9 Å². The average molecular weight is 496 g/mol. The Labute approximate surface area is 202 Å². The van der Waals surface area contributed by atoms with Gasteiger partial charge in [-0.15, -0.1) is 11.3 Å². The fourth-order valence-corrected chi connectivity index (χ4v) is 6.23. The molecule has 2 N–H and O–H groups in total. The van der Waals surface area contributed by atoms with E-state index in [1.54, 1.807) is 0 Å². The summed E-state index contributed by atoms with van der Waals surface area (Å²) in [6, 6.07) is 16.1. The molecule has 0 spiro atoms. The van der Waals surface area contributed by atoms with Crippen LogP contribution in [0.25, 0.3) is 22.2 Å². The molecule has 1 aliphatic heterocycles. The number of piperazine rings is 1. The summed E-state index contributed by atoms with van der Waals surface area (Å²) < 4.78 is 27.1. The lowest BCUT2D eigenvalue weighted by Gasteiger charge is -2.35. The number of aromatic amines is 1. The molecule has 1 amide bonds. The molecular formula is C24H25N5O3S2. The van der Waals surface area contributed by atoms with Crippen molar-refractivity contribution in [2.24, 2.45) is 0 Å². The van der Waals surface area contributed by atoms with Crippen LogP contribution < -0.4 is 10.2 Å². The van der Waals surface area contributed by atoms with Crippen molar-refractivity contribution in [2.45, 2.75) is 6.92 Å². The van der Waals surface area contributed by atoms with E-state index in [1.165, 1.54) is 21.2 Å². The molecule has 0 saturated carbocycles. The van der Waals surface area contributed by atoms with E-state index in [2.05, 4.69) is 26.3 Å². The number of nitrogens with one attached hydrogen (secondary N) is 2. The first-order valence-corrected chi connectivity index (χ1v) is 13.5. The van der Waals surface area contributed by atoms with Gasteiger partial charge in [-0.3, -0.25) is 4.79 Å². The molecule has 2 aromatic carbocycles. The monoisotopic (exact) mass is 495 g/mol. The standard InChI is InChI=1S/C24H25N5O3S2/c1-17-5-4-6-18(13-17)28-9-11-29(12-10-28)34(31,32)16-23(30)27-24-26-22(15-33-24)20-14-25-21-8-3-2-7-19(20)21/h2-8,13-15,25H,9-12,16H2,1H3,(H,26,27,30). The molecule has 2 aromatic heterocycles. The molecule has 5 rings (SSSR count). The number of carbonyl (C=O) groups excluding carboxylic acids is 1. The van der Waals surface area contributed by atoms with E-state index in [0.29, 0.717) is 31.3 Å². The highest BCUT2D eigenvalue weighted by Gasteiger charge is 2.29. The van der Waals surface area contributed by atoms with Gasteiger partial charge in [0, 0.05) is 59.9 Å². The molecular weight excluding hydrogens is 470 g/mol. The maximum absolute atomic E-state index is 12.8. The van der Waals surface area contributed by atoms with Crippen molar-refractivity contribution >= 4 is 49.0 Å². The lowest BCUT2D eigenvalue weighted by molar-refractivity contribution is -0.113. The van der Waals surface area contributed by atoms with Gasteiger partial charge in [0.15, 0.2) is 5.13 Å². The number of amides is 1. The second kappa shape index (κ2) is 9.21. The summed E-state index contributed by atoms with van der Waals surface area (Å²) in [6.07, 6.45) is 1.88. The molecule has 4 aromatic rings. The van der Waals surface area contributed by atoms with Crippen molar-refractivity contribution in [1.29, 1.82) is 0 Å². The van der Waals surface area contributed by atoms with Crippen LogP contribution in [0.15, 0.2) is 60.1 Å². The molecule has 0 aliphatic carbocycles. The van der Waals surface area contributed by atoms with Crippen molar-refractivity contribution in [3.63, 3.8) is 0 Å². The van der Waals surface area contributed by atoms with Crippen molar-refractivity contribution in [2.75, 3.05) is 42.1 Å². The average Bonchev–Trinajstić information content (AvgIpc) is 3.45. The number of benzene rings is 2. The number of aryl methyl sites for hydroxylation is 1. The molecule has 34 heavy (non-hydrogen) atoms. The summed E-state index contributed by atoms with van der Waals surface area (Å²) in [4.78, 5) is 22.4. The van der Waals surface area contributed by atoms with Crippen molar-refractivity contribution < 1.29 is 13.2 Å². The first-order chi connectivity index (χ1) is 16.4. The smallest absolute Gasteiger partial charge is 0.242 e. The molecule has 1 fully saturated rings. The first-order valence-electron chi connectivity index (χ1n) is 11.0. The van der Waals surface area contributed by atoms with E-state index in [0.717, 1.165) is 27.8 Å². The van der Waals surface area contributed by atoms with Gasteiger partial charge in [-0.25, -0.2) is 13.4 Å². The number of hydrogen-bond donors (Lipinski definition) is 2. The third kappa shape index (κ3) is 4.70. The molecule has 0 atom stereocenters. The molecule has 176 valence electrons. The Balaban J connectivity index is 1.19. The summed E-state index contributed by atoms with van der Waals surface area (Å²) in [7, 11) is -3.72. The number of nitrogens with zero attached hydrogens (tertiary/aromatic N) is 3. The van der Waals surface area contributed by atoms with Gasteiger partial charge in [0.1, 0.15) is 5.75 Å². The highest BCUT2D eigenvalue weighted by atomic mass is 32.2. The Morgan fingerprint density at radius 1 is 1.12 bits per heavy atom. The van der Waals surface area contributed by atoms with E-state index in [-0.39, 0.29) is 0 Å². The van der Waals surface area contributed by atoms with Gasteiger partial charge >= 0.3 is 0 Å². The van der Waals surface area contributed by atoms with Crippen LogP contribution in [0.4, 0.5) is 10.8 Å². The molecule has 0 radical (unpaired) electrons. The van der Waals surface area contributed by atoms with Crippen LogP contribution in [-0.4, -0.2) is 60.5 Å². The van der Waals surface area contributed by atoms with Gasteiger partial charge in [0.25, 0.3) is 0 Å². The second-order valence-electron chi connectivity index (χ2n) is 8.32. The van der Waals surface area contributed by atoms with E-state index < -0.39 is 21.7 Å². The topological polar surface area (TPSA) is 98.4 Å². The first kappa shape index (κ1) is 22.6. The van der Waals surface area contributed by atoms with E-state index in [4.69, 9.17) is 0 Å². The number of hydrogen-bond acceptors (Lipinski definition) is 6. The number of carbonyl (C=O) groups is 1. The minimum atomic E-state index is -3.72. The van der Waals surface area contributed by atoms with Crippen molar-refractivity contribution in [3.05, 3.63) is 65.7 Å². The third-order valence-electron chi connectivity index (χ3n) is 5.93. The van der Waals surface area contributed by atoms with Crippen molar-refractivity contribution in [3.8, 4) is 11.3 Å². The lowest BCUT2D eigenvalue weighted by atomic mass is 10.1. The quantitative estimate of drug-likeness (QED) is 0.425. The number of sulfonamides is 1. The summed E-state index contributed by atoms with van der Waals surface area (Å²) in [6.45, 7) is 3.92. The van der Waals surface area contributed by atoms with E-state index >= 15 is 0 Å². The Hall–Kier alpha value is -3.21. The number of thiazole rings is 1. The highest BCUT2D eigenvalue weighted by molar-refractivity contribution is 7.89. The Bertz CT molecular complexity index is 1440. The second-order valence-corrected chi connectivity index (χ2v) is 11.1. The Kier molecular flexibility index (Phi) is 6.11. The van der Waals surface area contributed by atoms with Crippen LogP contribution in [0.5, 0.6) is 0 Å². The van der Waals surface area contributed by atoms with Gasteiger partial charge in [-0.1, -0.05) is 30.3 Å². The number of rotatable bonds is 6. The molecule has 1 aliphatic rings. The minimum absolute atomic E-state index is 0.353. The zero-order chi connectivity index (χ0) is 23.7. The third-order valence-corrected chi connectivity index (χ3v) is 8.46. The predicted octanol–water partition coefficient (Wildman–Crippen LogP) is 3.69. The van der Waals surface area contributed by atoms with E-state index in [1.807, 2.05) is 61.0 Å². The highest BCUT2D eigenvalue weighted by Crippen LogP contribution is 2.31. The van der Waals surface area contributed by atoms with Crippen LogP contribution in [-0.2, 0) is 14.8 Å². The zero-order valence-electron chi connectivity index (χ0n) is 18.7. The number of para-hydroxylation sites is 1. The van der Waals surface area contributed by atoms with Crippen LogP contribution >= 0.6 is 11.3 Å². The number of aromatic nitrogens is 2. The molecule has 3 heterocycles. The van der Waals surface area contributed by atoms with E-state index in [9.17, 15) is 13.2 Å². The van der Waals surface area contributed by atoms with Gasteiger partial charge in [-0.2, -0.15) is 4.31 Å². The molecule has 8 nitrogen and oxygen atoms in total. The van der Waals surface area contributed by atoms with Gasteiger partial charge < -0.3 is 15.2 Å². The fraction of sp³-hybridized carbons (Fsp3) is 0.250. The predicted molar refractivity (Wildman–Crippen MR) is 137 cm³/mol. The fourth-order valence-electron chi connectivity index (χ4n) is 4.20. The molecule has 10 heteroatoms. The maximum Gasteiger partial charge on any atom is 0.242 e. The Morgan fingerprint density at radius 3 is 2.71 bits per heavy atom. The van der Waals surface area contributed by atoms with Crippen LogP contribution in [0.1, 0.15) is 5.56 Å². The molecule has 0 bridgehead atoms. The summed E-state index contributed by atoms with van der Waals surface area (Å²) in [5.74, 6) is -1.18. The largest absolute Gasteiger partial charge is 0.369 e. The number of anilines is 2. The number of H-pyrrole nitrogens is 1. The minimum Gasteiger partial charge on any atom is -0.369 e. The number of fused-ring (bicyclic) bond motifs is 1. The SMILES string of the molecule is Cc1cccc(N2CCN(S(=O)(=O)CC(=O)Nc3nc(-c4c[nH]c5ccccc45)cs3)CC2)c1. The lowest BCUT2D eigenvalue weighted by Crippen LogP contribution is -2.50.